The van der Waals surface area contributed by atoms with Crippen molar-refractivity contribution in [3.8, 4) is 0 Å². The molecule has 0 atom stereocenters. The normalized spacial score (nSPS) is 16.5. The predicted molar refractivity (Wildman–Crippen MR) is 121 cm³/mol. The number of piperidine rings is 1. The van der Waals surface area contributed by atoms with Crippen LogP contribution >= 0.6 is 11.3 Å². The first-order valence-electron chi connectivity index (χ1n) is 10.1. The third-order valence-electron chi connectivity index (χ3n) is 5.38. The van der Waals surface area contributed by atoms with Gasteiger partial charge in [-0.1, -0.05) is 19.9 Å². The van der Waals surface area contributed by atoms with Crippen molar-refractivity contribution in [2.24, 2.45) is 5.92 Å². The van der Waals surface area contributed by atoms with Gasteiger partial charge < -0.3 is 5.32 Å². The zero-order valence-electron chi connectivity index (χ0n) is 17.5. The Morgan fingerprint density at radius 3 is 2.19 bits per heavy atom. The molecular formula is C20H27N3O5S3. The molecule has 1 saturated heterocycles. The molecular weight excluding hydrogens is 458 g/mol. The lowest BCUT2D eigenvalue weighted by atomic mass is 9.97. The minimum absolute atomic E-state index is 0.182. The summed E-state index contributed by atoms with van der Waals surface area (Å²) in [6.07, 6.45) is 0.871. The van der Waals surface area contributed by atoms with Crippen molar-refractivity contribution >= 4 is 43.0 Å². The van der Waals surface area contributed by atoms with Crippen LogP contribution in [-0.2, 0) is 24.8 Å². The van der Waals surface area contributed by atoms with Crippen LogP contribution in [0.4, 0.5) is 5.69 Å². The zero-order chi connectivity index (χ0) is 22.6. The summed E-state index contributed by atoms with van der Waals surface area (Å²) < 4.78 is 53.4. The van der Waals surface area contributed by atoms with Crippen LogP contribution in [0.2, 0.25) is 0 Å². The lowest BCUT2D eigenvalue weighted by Crippen LogP contribution is -2.41. The number of hydrogen-bond acceptors (Lipinski definition) is 6. The van der Waals surface area contributed by atoms with Crippen LogP contribution in [0.3, 0.4) is 0 Å². The smallest absolute Gasteiger partial charge is 0.252 e. The predicted octanol–water partition coefficient (Wildman–Crippen LogP) is 2.82. The van der Waals surface area contributed by atoms with Crippen LogP contribution in [0, 0.1) is 5.92 Å². The topological polar surface area (TPSA) is 104 Å². The molecule has 31 heavy (non-hydrogen) atoms. The number of amides is 1. The quantitative estimate of drug-likeness (QED) is 0.619. The van der Waals surface area contributed by atoms with Gasteiger partial charge in [0.05, 0.1) is 4.90 Å². The molecule has 2 aromatic rings. The van der Waals surface area contributed by atoms with E-state index in [1.807, 2.05) is 0 Å². The number of sulfonamides is 2. The fourth-order valence-corrected chi connectivity index (χ4v) is 7.64. The van der Waals surface area contributed by atoms with Crippen molar-refractivity contribution < 1.29 is 21.6 Å². The van der Waals surface area contributed by atoms with Gasteiger partial charge in [-0.3, -0.25) is 4.79 Å². The molecule has 0 aliphatic carbocycles. The van der Waals surface area contributed by atoms with E-state index >= 15 is 0 Å². The molecule has 0 spiro atoms. The maximum absolute atomic E-state index is 12.6. The van der Waals surface area contributed by atoms with Crippen molar-refractivity contribution in [2.45, 2.75) is 35.8 Å². The van der Waals surface area contributed by atoms with Gasteiger partial charge in [0, 0.05) is 37.8 Å². The Bertz CT molecular complexity index is 1090. The fourth-order valence-electron chi connectivity index (χ4n) is 3.56. The van der Waals surface area contributed by atoms with Crippen molar-refractivity contribution in [3.63, 3.8) is 0 Å². The molecule has 1 aliphatic rings. The van der Waals surface area contributed by atoms with Gasteiger partial charge in [-0.25, -0.2) is 16.8 Å². The van der Waals surface area contributed by atoms with E-state index in [0.717, 1.165) is 0 Å². The van der Waals surface area contributed by atoms with E-state index in [-0.39, 0.29) is 16.7 Å². The van der Waals surface area contributed by atoms with Crippen LogP contribution in [-0.4, -0.2) is 57.5 Å². The summed E-state index contributed by atoms with van der Waals surface area (Å²) in [5.41, 5.74) is 0.511. The summed E-state index contributed by atoms with van der Waals surface area (Å²) in [5.74, 6) is -0.485. The van der Waals surface area contributed by atoms with E-state index < -0.39 is 20.0 Å². The van der Waals surface area contributed by atoms with Gasteiger partial charge in [0.1, 0.15) is 4.21 Å². The molecule has 1 amide bonds. The van der Waals surface area contributed by atoms with E-state index in [1.54, 1.807) is 43.5 Å². The SMILES string of the molecule is CCN(CC)S(=O)(=O)c1ccc(NC(=O)C2CCN(S(=O)(=O)c3cccs3)CC2)cc1. The summed E-state index contributed by atoms with van der Waals surface area (Å²) in [5, 5.41) is 4.54. The first kappa shape index (κ1) is 23.9. The molecule has 1 aliphatic heterocycles. The lowest BCUT2D eigenvalue weighted by molar-refractivity contribution is -0.120. The van der Waals surface area contributed by atoms with Crippen LogP contribution in [0.25, 0.3) is 0 Å². The van der Waals surface area contributed by atoms with E-state index in [0.29, 0.717) is 48.9 Å². The number of carbonyl (C=O) groups is 1. The Morgan fingerprint density at radius 1 is 1.06 bits per heavy atom. The van der Waals surface area contributed by atoms with E-state index in [2.05, 4.69) is 5.32 Å². The molecule has 1 N–H and O–H groups in total. The number of thiophene rings is 1. The summed E-state index contributed by atoms with van der Waals surface area (Å²) in [6.45, 7) is 4.93. The van der Waals surface area contributed by atoms with Crippen molar-refractivity contribution in [2.75, 3.05) is 31.5 Å². The standard InChI is InChI=1S/C20H27N3O5S3/c1-3-22(4-2)30(25,26)18-9-7-17(8-10-18)21-20(24)16-11-13-23(14-12-16)31(27,28)19-6-5-15-29-19/h5-10,15-16H,3-4,11-14H2,1-2H3,(H,21,24). The van der Waals surface area contributed by atoms with Crippen LogP contribution in [0.1, 0.15) is 26.7 Å². The molecule has 11 heteroatoms. The monoisotopic (exact) mass is 485 g/mol. The van der Waals surface area contributed by atoms with Gasteiger partial charge >= 0.3 is 0 Å². The average Bonchev–Trinajstić information content (AvgIpc) is 3.31. The number of rotatable bonds is 8. The highest BCUT2D eigenvalue weighted by Gasteiger charge is 2.32. The molecule has 0 bridgehead atoms. The minimum atomic E-state index is -3.55. The first-order chi connectivity index (χ1) is 14.7. The summed E-state index contributed by atoms with van der Waals surface area (Å²) >= 11 is 1.18. The number of hydrogen-bond donors (Lipinski definition) is 1. The average molecular weight is 486 g/mol. The molecule has 0 unspecified atom stereocenters. The lowest BCUT2D eigenvalue weighted by Gasteiger charge is -2.30. The molecule has 1 aromatic heterocycles. The Balaban J connectivity index is 1.59. The largest absolute Gasteiger partial charge is 0.326 e. The third kappa shape index (κ3) is 5.17. The van der Waals surface area contributed by atoms with Gasteiger partial charge in [0.15, 0.2) is 0 Å². The molecule has 1 aromatic carbocycles. The van der Waals surface area contributed by atoms with Gasteiger partial charge in [-0.15, -0.1) is 11.3 Å². The second-order valence-corrected chi connectivity index (χ2v) is 12.3. The number of benzene rings is 1. The van der Waals surface area contributed by atoms with Gasteiger partial charge in [-0.05, 0) is 48.6 Å². The Labute approximate surface area is 188 Å². The van der Waals surface area contributed by atoms with Gasteiger partial charge in [0.2, 0.25) is 15.9 Å². The molecule has 0 saturated carbocycles. The maximum Gasteiger partial charge on any atom is 0.252 e. The molecule has 8 nitrogen and oxygen atoms in total. The first-order valence-corrected chi connectivity index (χ1v) is 13.9. The molecule has 170 valence electrons. The molecule has 1 fully saturated rings. The maximum atomic E-state index is 12.6. The Morgan fingerprint density at radius 2 is 1.68 bits per heavy atom. The summed E-state index contributed by atoms with van der Waals surface area (Å²) in [6, 6.07) is 9.41. The minimum Gasteiger partial charge on any atom is -0.326 e. The van der Waals surface area contributed by atoms with Gasteiger partial charge in [0.25, 0.3) is 10.0 Å². The Kier molecular flexibility index (Phi) is 7.53. The second kappa shape index (κ2) is 9.78. The number of nitrogens with one attached hydrogen (secondary N) is 1. The van der Waals surface area contributed by atoms with Crippen molar-refractivity contribution in [3.05, 3.63) is 41.8 Å². The van der Waals surface area contributed by atoms with Crippen LogP contribution < -0.4 is 5.32 Å². The highest BCUT2D eigenvalue weighted by Crippen LogP contribution is 2.27. The molecule has 0 radical (unpaired) electrons. The summed E-state index contributed by atoms with van der Waals surface area (Å²) in [7, 11) is -7.04. The van der Waals surface area contributed by atoms with E-state index in [1.165, 1.54) is 32.1 Å². The van der Waals surface area contributed by atoms with E-state index in [4.69, 9.17) is 0 Å². The third-order valence-corrected chi connectivity index (χ3v) is 10.7. The second-order valence-electron chi connectivity index (χ2n) is 7.21. The zero-order valence-corrected chi connectivity index (χ0v) is 20.0. The van der Waals surface area contributed by atoms with Crippen molar-refractivity contribution in [1.29, 1.82) is 0 Å². The Hall–Kier alpha value is -1.79. The fraction of sp³-hybridized carbons (Fsp3) is 0.450. The summed E-state index contributed by atoms with van der Waals surface area (Å²) in [4.78, 5) is 12.8. The number of anilines is 1. The number of nitrogens with zero attached hydrogens (tertiary/aromatic N) is 2. The van der Waals surface area contributed by atoms with Crippen LogP contribution in [0.15, 0.2) is 50.9 Å². The molecule has 3 rings (SSSR count). The van der Waals surface area contributed by atoms with Gasteiger partial charge in [-0.2, -0.15) is 8.61 Å². The highest BCUT2D eigenvalue weighted by atomic mass is 32.2. The molecule has 2 heterocycles. The highest BCUT2D eigenvalue weighted by molar-refractivity contribution is 7.91. The number of carbonyl (C=O) groups excluding carboxylic acids is 1. The van der Waals surface area contributed by atoms with Crippen LogP contribution in [0.5, 0.6) is 0 Å². The van der Waals surface area contributed by atoms with E-state index in [9.17, 15) is 21.6 Å². The van der Waals surface area contributed by atoms with Crippen molar-refractivity contribution in [1.82, 2.24) is 8.61 Å².